The van der Waals surface area contributed by atoms with E-state index in [9.17, 15) is 9.59 Å². The second-order valence-corrected chi connectivity index (χ2v) is 7.94. The molecule has 1 aliphatic rings. The first-order valence-corrected chi connectivity index (χ1v) is 10.2. The molecule has 1 N–H and O–H groups in total. The van der Waals surface area contributed by atoms with Crippen molar-refractivity contribution in [3.63, 3.8) is 0 Å². The zero-order chi connectivity index (χ0) is 18.6. The highest BCUT2D eigenvalue weighted by atomic mass is 127. The maximum absolute atomic E-state index is 12.5. The maximum atomic E-state index is 12.5. The summed E-state index contributed by atoms with van der Waals surface area (Å²) in [4.78, 5) is 29.8. The van der Waals surface area contributed by atoms with Crippen LogP contribution in [0.5, 0.6) is 5.75 Å². The Bertz CT molecular complexity index is 743. The Morgan fingerprint density at radius 3 is 2.76 bits per heavy atom. The van der Waals surface area contributed by atoms with Crippen molar-refractivity contribution in [3.05, 3.63) is 30.6 Å². The molecule has 0 aliphatic carbocycles. The Kier molecular flexibility index (Phi) is 7.32. The van der Waals surface area contributed by atoms with E-state index in [4.69, 9.17) is 9.84 Å². The fraction of sp³-hybridized carbons (Fsp3) is 0.312. The molecule has 0 unspecified atom stereocenters. The molecule has 0 radical (unpaired) electrons. The van der Waals surface area contributed by atoms with Gasteiger partial charge in [-0.2, -0.15) is 0 Å². The van der Waals surface area contributed by atoms with E-state index in [2.05, 4.69) is 43.5 Å². The van der Waals surface area contributed by atoms with Crippen LogP contribution in [0.4, 0.5) is 0 Å². The third-order valence-corrected chi connectivity index (χ3v) is 5.59. The molecule has 0 aromatic heterocycles. The lowest BCUT2D eigenvalue weighted by atomic mass is 10.2. The van der Waals surface area contributed by atoms with Crippen molar-refractivity contribution in [2.24, 2.45) is 4.99 Å². The zero-order valence-electron chi connectivity index (χ0n) is 13.6. The summed E-state index contributed by atoms with van der Waals surface area (Å²) >= 11 is 6.83. The van der Waals surface area contributed by atoms with Gasteiger partial charge in [0.25, 0.3) is 5.91 Å². The van der Waals surface area contributed by atoms with Crippen LogP contribution in [0.15, 0.2) is 26.5 Å². The topological polar surface area (TPSA) is 79.2 Å². The van der Waals surface area contributed by atoms with E-state index in [0.717, 1.165) is 14.3 Å². The van der Waals surface area contributed by atoms with Crippen LogP contribution in [0.25, 0.3) is 6.08 Å². The lowest BCUT2D eigenvalue weighted by Crippen LogP contribution is -2.28. The Hall–Kier alpha value is -1.07. The number of ether oxygens (including phenoxy) is 1. The number of rotatable bonds is 6. The van der Waals surface area contributed by atoms with Crippen LogP contribution in [0.2, 0.25) is 0 Å². The lowest BCUT2D eigenvalue weighted by molar-refractivity contribution is -0.139. The van der Waals surface area contributed by atoms with Crippen LogP contribution in [0, 0.1) is 3.57 Å². The summed E-state index contributed by atoms with van der Waals surface area (Å²) in [6.45, 7) is 4.64. The van der Waals surface area contributed by atoms with Crippen molar-refractivity contribution < 1.29 is 19.4 Å². The number of carbonyl (C=O) groups excluding carboxylic acids is 1. The van der Waals surface area contributed by atoms with Gasteiger partial charge in [0.05, 0.1) is 12.9 Å². The molecule has 0 saturated carbocycles. The molecule has 0 spiro atoms. The molecule has 1 amide bonds. The molecule has 25 heavy (non-hydrogen) atoms. The Labute approximate surface area is 172 Å². The summed E-state index contributed by atoms with van der Waals surface area (Å²) in [5.74, 6) is -0.625. The number of likely N-dealkylation sites (N-methyl/N-ethyl adjacent to an activating group) is 1. The van der Waals surface area contributed by atoms with Gasteiger partial charge in [-0.05, 0) is 87.9 Å². The van der Waals surface area contributed by atoms with Gasteiger partial charge in [0.1, 0.15) is 5.75 Å². The van der Waals surface area contributed by atoms with E-state index in [1.54, 1.807) is 11.0 Å². The summed E-state index contributed by atoms with van der Waals surface area (Å²) < 4.78 is 6.68. The van der Waals surface area contributed by atoms with Gasteiger partial charge in [0.15, 0.2) is 11.8 Å². The minimum Gasteiger partial charge on any atom is -0.480 e. The fourth-order valence-corrected chi connectivity index (χ4v) is 5.00. The molecule has 1 fully saturated rings. The standard InChI is InChI=1S/C16H16BrIN2O4S/c1-3-19-16-20(4-2)15(23)12(25-16)7-9-5-10(17)14(11(18)6-9)24-8-13(21)22/h5-7H,3-4,8H2,1-2H3,(H,21,22)/b12-7+,19-16?. The van der Waals surface area contributed by atoms with Crippen LogP contribution < -0.4 is 4.74 Å². The molecule has 1 heterocycles. The number of carboxylic acids is 1. The van der Waals surface area contributed by atoms with E-state index < -0.39 is 12.6 Å². The fourth-order valence-electron chi connectivity index (χ4n) is 2.13. The summed E-state index contributed by atoms with van der Waals surface area (Å²) in [5.41, 5.74) is 0.823. The number of thioether (sulfide) groups is 1. The molecule has 134 valence electrons. The minimum absolute atomic E-state index is 0.0583. The van der Waals surface area contributed by atoms with Crippen LogP contribution in [-0.2, 0) is 9.59 Å². The van der Waals surface area contributed by atoms with Gasteiger partial charge in [0.2, 0.25) is 0 Å². The molecule has 0 bridgehead atoms. The van der Waals surface area contributed by atoms with Crippen LogP contribution in [-0.4, -0.2) is 46.7 Å². The van der Waals surface area contributed by atoms with E-state index >= 15 is 0 Å². The molecule has 6 nitrogen and oxygen atoms in total. The Morgan fingerprint density at radius 2 is 2.20 bits per heavy atom. The van der Waals surface area contributed by atoms with Crippen LogP contribution >= 0.6 is 50.3 Å². The molecule has 1 aromatic rings. The molecular weight excluding hydrogens is 523 g/mol. The third-order valence-electron chi connectivity index (χ3n) is 3.16. The molecule has 2 rings (SSSR count). The smallest absolute Gasteiger partial charge is 0.341 e. The number of amidine groups is 1. The number of hydrogen-bond acceptors (Lipinski definition) is 5. The average molecular weight is 539 g/mol. The molecule has 0 atom stereocenters. The molecule has 9 heteroatoms. The van der Waals surface area contributed by atoms with E-state index in [0.29, 0.717) is 28.2 Å². The molecule has 1 aliphatic heterocycles. The number of benzene rings is 1. The van der Waals surface area contributed by atoms with Gasteiger partial charge in [-0.25, -0.2) is 4.79 Å². The van der Waals surface area contributed by atoms with Crippen molar-refractivity contribution in [2.45, 2.75) is 13.8 Å². The summed E-state index contributed by atoms with van der Waals surface area (Å²) in [6, 6.07) is 3.64. The highest BCUT2D eigenvalue weighted by molar-refractivity contribution is 14.1. The van der Waals surface area contributed by atoms with Crippen LogP contribution in [0.3, 0.4) is 0 Å². The van der Waals surface area contributed by atoms with Gasteiger partial charge in [-0.1, -0.05) is 0 Å². The Balaban J connectivity index is 2.31. The molecule has 1 aromatic carbocycles. The summed E-state index contributed by atoms with van der Waals surface area (Å²) in [7, 11) is 0. The highest BCUT2D eigenvalue weighted by Crippen LogP contribution is 2.36. The second kappa shape index (κ2) is 9.04. The number of amides is 1. The predicted octanol–water partition coefficient (Wildman–Crippen LogP) is 3.83. The first kappa shape index (κ1) is 20.2. The normalized spacial score (nSPS) is 17.6. The SMILES string of the molecule is CCN=C1S/C(=C/c2cc(Br)c(OCC(=O)O)c(I)c2)C(=O)N1CC. The van der Waals surface area contributed by atoms with Crippen molar-refractivity contribution in [1.82, 2.24) is 4.90 Å². The number of nitrogens with zero attached hydrogens (tertiary/aromatic N) is 2. The second-order valence-electron chi connectivity index (χ2n) is 4.91. The zero-order valence-corrected chi connectivity index (χ0v) is 18.1. The van der Waals surface area contributed by atoms with Gasteiger partial charge in [-0.15, -0.1) is 0 Å². The Morgan fingerprint density at radius 1 is 1.48 bits per heavy atom. The monoisotopic (exact) mass is 538 g/mol. The van der Waals surface area contributed by atoms with Crippen LogP contribution in [0.1, 0.15) is 19.4 Å². The quantitative estimate of drug-likeness (QED) is 0.440. The number of halogens is 2. The third kappa shape index (κ3) is 4.98. The maximum Gasteiger partial charge on any atom is 0.341 e. The number of hydrogen-bond donors (Lipinski definition) is 1. The number of aliphatic imine (C=N–C) groups is 1. The van der Waals surface area contributed by atoms with Crippen molar-refractivity contribution in [3.8, 4) is 5.75 Å². The largest absolute Gasteiger partial charge is 0.480 e. The predicted molar refractivity (Wildman–Crippen MR) is 111 cm³/mol. The van der Waals surface area contributed by atoms with E-state index in [-0.39, 0.29) is 5.91 Å². The lowest BCUT2D eigenvalue weighted by Gasteiger charge is -2.11. The number of carbonyl (C=O) groups is 2. The summed E-state index contributed by atoms with van der Waals surface area (Å²) in [6.07, 6.45) is 1.81. The number of aliphatic carboxylic acids is 1. The van der Waals surface area contributed by atoms with Gasteiger partial charge >= 0.3 is 5.97 Å². The minimum atomic E-state index is -1.04. The van der Waals surface area contributed by atoms with Gasteiger partial charge in [0, 0.05) is 13.1 Å². The average Bonchev–Trinajstić information content (AvgIpc) is 2.81. The van der Waals surface area contributed by atoms with Gasteiger partial charge < -0.3 is 9.84 Å². The number of carboxylic acid groups (broad SMARTS) is 1. The van der Waals surface area contributed by atoms with Crippen molar-refractivity contribution in [1.29, 1.82) is 0 Å². The van der Waals surface area contributed by atoms with Crippen molar-refractivity contribution >= 4 is 73.4 Å². The molecular formula is C16H16BrIN2O4S. The summed E-state index contributed by atoms with van der Waals surface area (Å²) in [5, 5.41) is 9.46. The van der Waals surface area contributed by atoms with Gasteiger partial charge in [-0.3, -0.25) is 14.7 Å². The highest BCUT2D eigenvalue weighted by Gasteiger charge is 2.31. The van der Waals surface area contributed by atoms with E-state index in [1.165, 1.54) is 11.8 Å². The van der Waals surface area contributed by atoms with Crippen molar-refractivity contribution in [2.75, 3.05) is 19.7 Å². The molecule has 1 saturated heterocycles. The first-order chi connectivity index (χ1) is 11.9. The van der Waals surface area contributed by atoms with E-state index in [1.807, 2.05) is 26.0 Å². The first-order valence-electron chi connectivity index (χ1n) is 7.46.